The van der Waals surface area contributed by atoms with Crippen LogP contribution in [0.15, 0.2) is 24.3 Å². The molecule has 0 spiro atoms. The van der Waals surface area contributed by atoms with Gasteiger partial charge in [-0.2, -0.15) is 0 Å². The van der Waals surface area contributed by atoms with E-state index in [1.807, 2.05) is 17.0 Å². The van der Waals surface area contributed by atoms with Gasteiger partial charge < -0.3 is 19.1 Å². The number of carbonyl (C=O) groups is 2. The summed E-state index contributed by atoms with van der Waals surface area (Å²) in [4.78, 5) is 26.9. The lowest BCUT2D eigenvalue weighted by atomic mass is 9.65. The van der Waals surface area contributed by atoms with E-state index in [-0.39, 0.29) is 36.0 Å². The number of nitrogens with zero attached hydrogens (tertiary/aromatic N) is 1. The third-order valence-electron chi connectivity index (χ3n) is 5.84. The molecule has 1 aliphatic carbocycles. The molecule has 1 aromatic rings. The molecule has 6 nitrogen and oxygen atoms in total. The van der Waals surface area contributed by atoms with Gasteiger partial charge in [-0.3, -0.25) is 4.79 Å². The maximum absolute atomic E-state index is 12.7. The van der Waals surface area contributed by atoms with Crippen molar-refractivity contribution in [2.75, 3.05) is 19.8 Å². The zero-order valence-electron chi connectivity index (χ0n) is 16.2. The third-order valence-corrected chi connectivity index (χ3v) is 5.84. The summed E-state index contributed by atoms with van der Waals surface area (Å²) in [6, 6.07) is 7.42. The Labute approximate surface area is 159 Å². The SMILES string of the molecule is CC1(C)C[C@@H]2C[C@@](C)(CN2C(=O)COC(=O)[C@@H]2COc3ccccc3O2)C1. The van der Waals surface area contributed by atoms with Crippen LogP contribution in [-0.4, -0.2) is 48.7 Å². The Kier molecular flexibility index (Phi) is 4.32. The zero-order chi connectivity index (χ0) is 19.2. The number of esters is 1. The maximum Gasteiger partial charge on any atom is 0.351 e. The molecule has 2 fully saturated rings. The van der Waals surface area contributed by atoms with E-state index in [9.17, 15) is 9.59 Å². The molecule has 2 bridgehead atoms. The van der Waals surface area contributed by atoms with Crippen LogP contribution in [0.5, 0.6) is 11.5 Å². The van der Waals surface area contributed by atoms with E-state index in [1.54, 1.807) is 12.1 Å². The van der Waals surface area contributed by atoms with Crippen molar-refractivity contribution in [1.29, 1.82) is 0 Å². The monoisotopic (exact) mass is 373 g/mol. The van der Waals surface area contributed by atoms with E-state index >= 15 is 0 Å². The van der Waals surface area contributed by atoms with Crippen LogP contribution in [0.3, 0.4) is 0 Å². The highest BCUT2D eigenvalue weighted by Crippen LogP contribution is 2.52. The number of hydrogen-bond acceptors (Lipinski definition) is 5. The summed E-state index contributed by atoms with van der Waals surface area (Å²) in [5.74, 6) is 0.441. The number of likely N-dealkylation sites (tertiary alicyclic amines) is 1. The predicted octanol–water partition coefficient (Wildman–Crippen LogP) is 2.80. The smallest absolute Gasteiger partial charge is 0.351 e. The number of rotatable bonds is 3. The van der Waals surface area contributed by atoms with Crippen molar-refractivity contribution in [3.05, 3.63) is 24.3 Å². The molecular weight excluding hydrogens is 346 g/mol. The summed E-state index contributed by atoms with van der Waals surface area (Å²) in [6.07, 6.45) is 2.31. The second-order valence-electron chi connectivity index (χ2n) is 9.21. The highest BCUT2D eigenvalue weighted by atomic mass is 16.6. The first kappa shape index (κ1) is 18.1. The topological polar surface area (TPSA) is 65.1 Å². The fourth-order valence-electron chi connectivity index (χ4n) is 5.20. The van der Waals surface area contributed by atoms with Crippen molar-refractivity contribution < 1.29 is 23.8 Å². The van der Waals surface area contributed by atoms with E-state index in [2.05, 4.69) is 20.8 Å². The molecule has 27 heavy (non-hydrogen) atoms. The van der Waals surface area contributed by atoms with E-state index in [4.69, 9.17) is 14.2 Å². The predicted molar refractivity (Wildman–Crippen MR) is 98.6 cm³/mol. The van der Waals surface area contributed by atoms with Crippen LogP contribution in [0.1, 0.15) is 40.0 Å². The minimum Gasteiger partial charge on any atom is -0.485 e. The first-order valence-electron chi connectivity index (χ1n) is 9.59. The average Bonchev–Trinajstić information content (AvgIpc) is 2.87. The van der Waals surface area contributed by atoms with Crippen molar-refractivity contribution in [3.63, 3.8) is 0 Å². The van der Waals surface area contributed by atoms with Gasteiger partial charge in [0.1, 0.15) is 6.61 Å². The summed E-state index contributed by atoms with van der Waals surface area (Å²) >= 11 is 0. The summed E-state index contributed by atoms with van der Waals surface area (Å²) < 4.78 is 16.4. The van der Waals surface area contributed by atoms with Gasteiger partial charge in [-0.25, -0.2) is 4.79 Å². The molecule has 6 heteroatoms. The molecule has 0 unspecified atom stereocenters. The van der Waals surface area contributed by atoms with E-state index < -0.39 is 12.1 Å². The van der Waals surface area contributed by atoms with E-state index in [0.717, 1.165) is 25.8 Å². The summed E-state index contributed by atoms with van der Waals surface area (Å²) in [6.45, 7) is 7.38. The second-order valence-corrected chi connectivity index (χ2v) is 9.21. The number of carbonyl (C=O) groups excluding carboxylic acids is 2. The molecule has 146 valence electrons. The Bertz CT molecular complexity index is 761. The molecule has 0 N–H and O–H groups in total. The number of ether oxygens (including phenoxy) is 3. The first-order valence-corrected chi connectivity index (χ1v) is 9.59. The molecule has 3 atom stereocenters. The highest BCUT2D eigenvalue weighted by molar-refractivity contribution is 5.83. The largest absolute Gasteiger partial charge is 0.485 e. The molecule has 0 radical (unpaired) electrons. The Morgan fingerprint density at radius 1 is 1.19 bits per heavy atom. The van der Waals surface area contributed by atoms with Crippen molar-refractivity contribution in [2.45, 2.75) is 52.2 Å². The lowest BCUT2D eigenvalue weighted by Crippen LogP contribution is -2.42. The van der Waals surface area contributed by atoms with Gasteiger partial charge >= 0.3 is 5.97 Å². The van der Waals surface area contributed by atoms with Crippen molar-refractivity contribution in [3.8, 4) is 11.5 Å². The number of fused-ring (bicyclic) bond motifs is 3. The number of amides is 1. The van der Waals surface area contributed by atoms with Crippen LogP contribution >= 0.6 is 0 Å². The molecule has 1 saturated heterocycles. The van der Waals surface area contributed by atoms with Crippen LogP contribution in [-0.2, 0) is 14.3 Å². The van der Waals surface area contributed by atoms with Crippen LogP contribution in [0, 0.1) is 10.8 Å². The van der Waals surface area contributed by atoms with Gasteiger partial charge in [-0.1, -0.05) is 32.9 Å². The van der Waals surface area contributed by atoms with Gasteiger partial charge in [0.2, 0.25) is 6.10 Å². The molecule has 2 heterocycles. The summed E-state index contributed by atoms with van der Waals surface area (Å²) in [5.41, 5.74) is 0.403. The van der Waals surface area contributed by atoms with Crippen LogP contribution in [0.25, 0.3) is 0 Å². The van der Waals surface area contributed by atoms with Gasteiger partial charge in [0.25, 0.3) is 5.91 Å². The van der Waals surface area contributed by atoms with Crippen molar-refractivity contribution in [1.82, 2.24) is 4.90 Å². The fourth-order valence-corrected chi connectivity index (χ4v) is 5.20. The van der Waals surface area contributed by atoms with Gasteiger partial charge in [0.05, 0.1) is 0 Å². The Morgan fingerprint density at radius 2 is 1.93 bits per heavy atom. The van der Waals surface area contributed by atoms with Crippen molar-refractivity contribution >= 4 is 11.9 Å². The minimum absolute atomic E-state index is 0.0859. The molecular formula is C21H27NO5. The van der Waals surface area contributed by atoms with E-state index in [0.29, 0.717) is 11.5 Å². The van der Waals surface area contributed by atoms with Gasteiger partial charge in [-0.05, 0) is 42.2 Å². The second kappa shape index (κ2) is 6.43. The molecule has 1 aromatic carbocycles. The lowest BCUT2D eigenvalue weighted by molar-refractivity contribution is -0.160. The standard InChI is InChI=1S/C21H27NO5/c1-20(2)8-14-9-21(3,12-20)13-22(14)18(23)11-26-19(24)17-10-25-15-6-4-5-7-16(15)27-17/h4-7,14,17H,8-13H2,1-3H3/t14-,17+,21-/m1/s1. The van der Waals surface area contributed by atoms with Crippen LogP contribution < -0.4 is 9.47 Å². The number of benzene rings is 1. The Hall–Kier alpha value is -2.24. The van der Waals surface area contributed by atoms with E-state index in [1.165, 1.54) is 0 Å². The zero-order valence-corrected chi connectivity index (χ0v) is 16.2. The Balaban J connectivity index is 1.33. The van der Waals surface area contributed by atoms with Gasteiger partial charge in [0, 0.05) is 12.6 Å². The molecule has 3 aliphatic rings. The third kappa shape index (κ3) is 3.62. The number of hydrogen-bond donors (Lipinski definition) is 0. The summed E-state index contributed by atoms with van der Waals surface area (Å²) in [7, 11) is 0. The maximum atomic E-state index is 12.7. The quantitative estimate of drug-likeness (QED) is 0.763. The average molecular weight is 373 g/mol. The summed E-state index contributed by atoms with van der Waals surface area (Å²) in [5, 5.41) is 0. The van der Waals surface area contributed by atoms with Crippen molar-refractivity contribution in [2.24, 2.45) is 10.8 Å². The van der Waals surface area contributed by atoms with Crippen LogP contribution in [0.4, 0.5) is 0 Å². The molecule has 1 saturated carbocycles. The first-order chi connectivity index (χ1) is 12.7. The number of para-hydroxylation sites is 2. The van der Waals surface area contributed by atoms with Gasteiger partial charge in [-0.15, -0.1) is 0 Å². The fraction of sp³-hybridized carbons (Fsp3) is 0.619. The lowest BCUT2D eigenvalue weighted by Gasteiger charge is -2.39. The normalized spacial score (nSPS) is 30.7. The minimum atomic E-state index is -0.845. The molecule has 2 aliphatic heterocycles. The molecule has 1 amide bonds. The molecule has 0 aromatic heterocycles. The van der Waals surface area contributed by atoms with Gasteiger partial charge in [0.15, 0.2) is 18.1 Å². The van der Waals surface area contributed by atoms with Crippen LogP contribution in [0.2, 0.25) is 0 Å². The Morgan fingerprint density at radius 3 is 2.70 bits per heavy atom. The molecule has 4 rings (SSSR count). The highest BCUT2D eigenvalue weighted by Gasteiger charge is 2.51.